The van der Waals surface area contributed by atoms with Crippen molar-refractivity contribution in [3.8, 4) is 0 Å². The summed E-state index contributed by atoms with van der Waals surface area (Å²) >= 11 is 0. The van der Waals surface area contributed by atoms with Gasteiger partial charge in [-0.1, -0.05) is 5.21 Å². The van der Waals surface area contributed by atoms with Crippen LogP contribution < -0.4 is 5.32 Å². The summed E-state index contributed by atoms with van der Waals surface area (Å²) in [5.74, 6) is 0. The molecule has 5 nitrogen and oxygen atoms in total. The molecule has 0 bridgehead atoms. The summed E-state index contributed by atoms with van der Waals surface area (Å²) in [5, 5.41) is 19.6. The summed E-state index contributed by atoms with van der Waals surface area (Å²) in [4.78, 5) is 0. The molecule has 0 amide bonds. The molecular formula is C8H16N4O. The lowest BCUT2D eigenvalue weighted by Crippen LogP contribution is -2.25. The first kappa shape index (κ1) is 10.1. The summed E-state index contributed by atoms with van der Waals surface area (Å²) in [5.41, 5.74) is 0. The van der Waals surface area contributed by atoms with E-state index in [4.69, 9.17) is 5.11 Å². The standard InChI is InChI=1S/C8H16N4O/c1-8(13)7-9-3-2-5-12-6-4-10-11-12/h4,6,8-9,13H,2-3,5,7H2,1H3. The molecule has 0 saturated heterocycles. The average molecular weight is 184 g/mol. The van der Waals surface area contributed by atoms with Crippen LogP contribution in [-0.2, 0) is 6.54 Å². The predicted octanol–water partition coefficient (Wildman–Crippen LogP) is -0.361. The van der Waals surface area contributed by atoms with E-state index >= 15 is 0 Å². The third kappa shape index (κ3) is 4.59. The van der Waals surface area contributed by atoms with Crippen LogP contribution in [0.25, 0.3) is 0 Å². The van der Waals surface area contributed by atoms with E-state index in [1.807, 2.05) is 6.20 Å². The number of aryl methyl sites for hydroxylation is 1. The monoisotopic (exact) mass is 184 g/mol. The molecule has 2 N–H and O–H groups in total. The van der Waals surface area contributed by atoms with Crippen molar-refractivity contribution in [2.75, 3.05) is 13.1 Å². The van der Waals surface area contributed by atoms with Crippen molar-refractivity contribution in [2.24, 2.45) is 0 Å². The van der Waals surface area contributed by atoms with E-state index in [2.05, 4.69) is 15.6 Å². The molecule has 0 aliphatic rings. The second-order valence-corrected chi connectivity index (χ2v) is 3.07. The van der Waals surface area contributed by atoms with Crippen molar-refractivity contribution in [1.82, 2.24) is 20.3 Å². The average Bonchev–Trinajstić information content (AvgIpc) is 2.55. The number of nitrogens with zero attached hydrogens (tertiary/aromatic N) is 3. The summed E-state index contributed by atoms with van der Waals surface area (Å²) in [7, 11) is 0. The van der Waals surface area contributed by atoms with E-state index in [9.17, 15) is 0 Å². The fourth-order valence-electron chi connectivity index (χ4n) is 1.03. The highest BCUT2D eigenvalue weighted by Crippen LogP contribution is 1.85. The van der Waals surface area contributed by atoms with Crippen LogP contribution in [0.15, 0.2) is 12.4 Å². The molecule has 0 radical (unpaired) electrons. The lowest BCUT2D eigenvalue weighted by Gasteiger charge is -2.05. The normalized spacial score (nSPS) is 13.1. The minimum Gasteiger partial charge on any atom is -0.392 e. The zero-order chi connectivity index (χ0) is 9.52. The van der Waals surface area contributed by atoms with Crippen LogP contribution in [0, 0.1) is 0 Å². The van der Waals surface area contributed by atoms with Gasteiger partial charge in [0, 0.05) is 19.3 Å². The summed E-state index contributed by atoms with van der Waals surface area (Å²) in [6.07, 6.45) is 4.24. The minimum absolute atomic E-state index is 0.272. The van der Waals surface area contributed by atoms with Gasteiger partial charge in [0.05, 0.1) is 12.3 Å². The van der Waals surface area contributed by atoms with Crippen molar-refractivity contribution in [3.63, 3.8) is 0 Å². The van der Waals surface area contributed by atoms with Gasteiger partial charge in [0.15, 0.2) is 0 Å². The highest BCUT2D eigenvalue weighted by Gasteiger charge is 1.94. The third-order valence-electron chi connectivity index (χ3n) is 1.65. The van der Waals surface area contributed by atoms with Gasteiger partial charge in [0.25, 0.3) is 0 Å². The van der Waals surface area contributed by atoms with E-state index in [1.165, 1.54) is 0 Å². The molecule has 0 aliphatic heterocycles. The van der Waals surface area contributed by atoms with E-state index < -0.39 is 0 Å². The molecule has 0 aliphatic carbocycles. The largest absolute Gasteiger partial charge is 0.392 e. The Bertz CT molecular complexity index is 210. The first-order valence-corrected chi connectivity index (χ1v) is 4.52. The van der Waals surface area contributed by atoms with E-state index in [0.29, 0.717) is 6.54 Å². The quantitative estimate of drug-likeness (QED) is 0.593. The Balaban J connectivity index is 1.96. The smallest absolute Gasteiger partial charge is 0.0692 e. The Kier molecular flexibility index (Phi) is 4.42. The number of hydrogen-bond acceptors (Lipinski definition) is 4. The molecule has 1 rings (SSSR count). The summed E-state index contributed by atoms with van der Waals surface area (Å²) in [6.45, 7) is 4.18. The van der Waals surface area contributed by atoms with Crippen molar-refractivity contribution in [3.05, 3.63) is 12.4 Å². The molecule has 1 heterocycles. The van der Waals surface area contributed by atoms with Crippen molar-refractivity contribution >= 4 is 0 Å². The molecule has 1 aromatic rings. The van der Waals surface area contributed by atoms with Gasteiger partial charge in [-0.05, 0) is 19.9 Å². The predicted molar refractivity (Wildman–Crippen MR) is 49.2 cm³/mol. The summed E-state index contributed by atoms with van der Waals surface area (Å²) < 4.78 is 1.80. The molecule has 1 unspecified atom stereocenters. The van der Waals surface area contributed by atoms with Crippen LogP contribution in [0.1, 0.15) is 13.3 Å². The first-order valence-electron chi connectivity index (χ1n) is 4.52. The van der Waals surface area contributed by atoms with Crippen LogP contribution in [0.3, 0.4) is 0 Å². The molecule has 0 aromatic carbocycles. The third-order valence-corrected chi connectivity index (χ3v) is 1.65. The Hall–Kier alpha value is -0.940. The molecule has 1 aromatic heterocycles. The maximum atomic E-state index is 8.95. The van der Waals surface area contributed by atoms with E-state index in [0.717, 1.165) is 19.5 Å². The molecule has 0 spiro atoms. The molecule has 0 saturated carbocycles. The Morgan fingerprint density at radius 1 is 1.62 bits per heavy atom. The topological polar surface area (TPSA) is 63.0 Å². The van der Waals surface area contributed by atoms with E-state index in [-0.39, 0.29) is 6.10 Å². The van der Waals surface area contributed by atoms with Crippen molar-refractivity contribution in [1.29, 1.82) is 0 Å². The van der Waals surface area contributed by atoms with Crippen molar-refractivity contribution in [2.45, 2.75) is 26.0 Å². The van der Waals surface area contributed by atoms with Crippen LogP contribution in [0.5, 0.6) is 0 Å². The van der Waals surface area contributed by atoms with E-state index in [1.54, 1.807) is 17.8 Å². The number of aliphatic hydroxyl groups excluding tert-OH is 1. The van der Waals surface area contributed by atoms with Crippen molar-refractivity contribution < 1.29 is 5.11 Å². The van der Waals surface area contributed by atoms with Gasteiger partial charge >= 0.3 is 0 Å². The fourth-order valence-corrected chi connectivity index (χ4v) is 1.03. The maximum absolute atomic E-state index is 8.95. The van der Waals surface area contributed by atoms with Gasteiger partial charge in [-0.25, -0.2) is 0 Å². The maximum Gasteiger partial charge on any atom is 0.0692 e. The number of hydrogen-bond donors (Lipinski definition) is 2. The summed E-state index contributed by atoms with van der Waals surface area (Å²) in [6, 6.07) is 0. The number of rotatable bonds is 6. The van der Waals surface area contributed by atoms with Crippen LogP contribution in [-0.4, -0.2) is 39.3 Å². The fraction of sp³-hybridized carbons (Fsp3) is 0.750. The minimum atomic E-state index is -0.272. The number of aliphatic hydroxyl groups is 1. The molecule has 5 heteroatoms. The Morgan fingerprint density at radius 3 is 3.08 bits per heavy atom. The molecule has 74 valence electrons. The van der Waals surface area contributed by atoms with Gasteiger partial charge in [0.1, 0.15) is 0 Å². The lowest BCUT2D eigenvalue weighted by molar-refractivity contribution is 0.191. The molecule has 0 fully saturated rings. The highest BCUT2D eigenvalue weighted by atomic mass is 16.3. The van der Waals surface area contributed by atoms with Gasteiger partial charge < -0.3 is 10.4 Å². The van der Waals surface area contributed by atoms with Gasteiger partial charge in [0.2, 0.25) is 0 Å². The van der Waals surface area contributed by atoms with Crippen LogP contribution in [0.4, 0.5) is 0 Å². The second-order valence-electron chi connectivity index (χ2n) is 3.07. The number of aromatic nitrogens is 3. The van der Waals surface area contributed by atoms with Crippen LogP contribution in [0.2, 0.25) is 0 Å². The highest BCUT2D eigenvalue weighted by molar-refractivity contribution is 4.64. The Morgan fingerprint density at radius 2 is 2.46 bits per heavy atom. The second kappa shape index (κ2) is 5.66. The van der Waals surface area contributed by atoms with Gasteiger partial charge in [-0.3, -0.25) is 4.68 Å². The molecular weight excluding hydrogens is 168 g/mol. The zero-order valence-electron chi connectivity index (χ0n) is 7.85. The molecule has 1 atom stereocenters. The zero-order valence-corrected chi connectivity index (χ0v) is 7.85. The SMILES string of the molecule is CC(O)CNCCCn1ccnn1. The van der Waals surface area contributed by atoms with Gasteiger partial charge in [-0.2, -0.15) is 0 Å². The first-order chi connectivity index (χ1) is 6.29. The molecule has 13 heavy (non-hydrogen) atoms. The Labute approximate surface area is 77.8 Å². The van der Waals surface area contributed by atoms with Gasteiger partial charge in [-0.15, -0.1) is 5.10 Å². The lowest BCUT2D eigenvalue weighted by atomic mass is 10.3. The van der Waals surface area contributed by atoms with Crippen LogP contribution >= 0.6 is 0 Å². The number of nitrogens with one attached hydrogen (secondary N) is 1.